The standard InChI is InChI=1S/C15H22N6O3/c1-9-12(15(23-4)21(3)19-9)14(22)20(2)7-11-10(5-6-24-11)13-16-8-17-18-13/h8,10-11H,5-7H2,1-4H3,(H,16,17,18)/t10-,11-/m1/s1. The topological polar surface area (TPSA) is 98.2 Å². The van der Waals surface area contributed by atoms with Gasteiger partial charge in [0.1, 0.15) is 17.7 Å². The first-order valence-electron chi connectivity index (χ1n) is 7.82. The molecule has 2 atom stereocenters. The molecule has 130 valence electrons. The zero-order chi connectivity index (χ0) is 17.3. The molecule has 3 heterocycles. The smallest absolute Gasteiger partial charge is 0.261 e. The molecule has 1 fully saturated rings. The van der Waals surface area contributed by atoms with Crippen LogP contribution in [0.25, 0.3) is 0 Å². The molecule has 9 heteroatoms. The molecule has 0 aromatic carbocycles. The predicted molar refractivity (Wildman–Crippen MR) is 84.9 cm³/mol. The Morgan fingerprint density at radius 2 is 2.38 bits per heavy atom. The van der Waals surface area contributed by atoms with Gasteiger partial charge in [-0.05, 0) is 13.3 Å². The van der Waals surface area contributed by atoms with Crippen LogP contribution in [-0.2, 0) is 11.8 Å². The number of aromatic nitrogens is 5. The van der Waals surface area contributed by atoms with Gasteiger partial charge in [0.05, 0.1) is 18.9 Å². The Morgan fingerprint density at radius 1 is 1.58 bits per heavy atom. The number of nitrogens with zero attached hydrogens (tertiary/aromatic N) is 5. The second-order valence-corrected chi connectivity index (χ2v) is 5.95. The molecule has 1 N–H and O–H groups in total. The molecule has 0 unspecified atom stereocenters. The summed E-state index contributed by atoms with van der Waals surface area (Å²) in [6.07, 6.45) is 2.23. The van der Waals surface area contributed by atoms with Crippen LogP contribution in [0, 0.1) is 6.92 Å². The minimum atomic E-state index is -0.135. The number of hydrogen-bond donors (Lipinski definition) is 1. The van der Waals surface area contributed by atoms with Gasteiger partial charge >= 0.3 is 0 Å². The molecule has 0 radical (unpaired) electrons. The first-order valence-corrected chi connectivity index (χ1v) is 7.82. The van der Waals surface area contributed by atoms with Crippen molar-refractivity contribution in [2.24, 2.45) is 7.05 Å². The quantitative estimate of drug-likeness (QED) is 0.855. The minimum absolute atomic E-state index is 0.111. The molecule has 0 bridgehead atoms. The first kappa shape index (κ1) is 16.4. The van der Waals surface area contributed by atoms with Gasteiger partial charge in [-0.2, -0.15) is 10.2 Å². The Labute approximate surface area is 140 Å². The summed E-state index contributed by atoms with van der Waals surface area (Å²) in [6.45, 7) is 2.90. The van der Waals surface area contributed by atoms with Crippen molar-refractivity contribution in [3.05, 3.63) is 23.4 Å². The second-order valence-electron chi connectivity index (χ2n) is 5.95. The number of carbonyl (C=O) groups is 1. The Bertz CT molecular complexity index is 711. The van der Waals surface area contributed by atoms with E-state index in [0.717, 1.165) is 12.2 Å². The van der Waals surface area contributed by atoms with Crippen LogP contribution in [0.15, 0.2) is 6.33 Å². The zero-order valence-electron chi connectivity index (χ0n) is 14.3. The number of ether oxygens (including phenoxy) is 2. The third kappa shape index (κ3) is 2.86. The normalized spacial score (nSPS) is 20.3. The molecular formula is C15H22N6O3. The summed E-state index contributed by atoms with van der Waals surface area (Å²) in [5, 5.41) is 11.1. The molecule has 0 saturated carbocycles. The van der Waals surface area contributed by atoms with E-state index in [9.17, 15) is 4.79 Å². The maximum absolute atomic E-state index is 12.8. The van der Waals surface area contributed by atoms with E-state index in [1.807, 2.05) is 0 Å². The van der Waals surface area contributed by atoms with Crippen molar-refractivity contribution in [1.29, 1.82) is 0 Å². The van der Waals surface area contributed by atoms with Crippen molar-refractivity contribution in [3.8, 4) is 5.88 Å². The molecule has 2 aromatic heterocycles. The van der Waals surface area contributed by atoms with Crippen LogP contribution in [0.3, 0.4) is 0 Å². The number of H-pyrrole nitrogens is 1. The van der Waals surface area contributed by atoms with E-state index in [4.69, 9.17) is 9.47 Å². The van der Waals surface area contributed by atoms with Crippen LogP contribution in [-0.4, -0.2) is 69.2 Å². The predicted octanol–water partition coefficient (Wildman–Crippen LogP) is 0.500. The average molecular weight is 334 g/mol. The number of hydrogen-bond acceptors (Lipinski definition) is 6. The fourth-order valence-electron chi connectivity index (χ4n) is 3.20. The molecule has 1 aliphatic heterocycles. The molecule has 24 heavy (non-hydrogen) atoms. The lowest BCUT2D eigenvalue weighted by Crippen LogP contribution is -2.36. The highest BCUT2D eigenvalue weighted by Crippen LogP contribution is 2.30. The fraction of sp³-hybridized carbons (Fsp3) is 0.600. The van der Waals surface area contributed by atoms with E-state index in [2.05, 4.69) is 20.3 Å². The molecule has 3 rings (SSSR count). The highest BCUT2D eigenvalue weighted by molar-refractivity contribution is 5.97. The molecule has 2 aromatic rings. The zero-order valence-corrected chi connectivity index (χ0v) is 14.3. The summed E-state index contributed by atoms with van der Waals surface area (Å²) in [5.41, 5.74) is 1.13. The van der Waals surface area contributed by atoms with Crippen LogP contribution >= 0.6 is 0 Å². The molecule has 1 aliphatic rings. The third-order valence-corrected chi connectivity index (χ3v) is 4.37. The van der Waals surface area contributed by atoms with Gasteiger partial charge in [0.2, 0.25) is 5.88 Å². The molecule has 1 amide bonds. The van der Waals surface area contributed by atoms with Crippen molar-refractivity contribution in [2.75, 3.05) is 27.3 Å². The van der Waals surface area contributed by atoms with E-state index in [-0.39, 0.29) is 17.9 Å². The molecule has 0 spiro atoms. The summed E-state index contributed by atoms with van der Waals surface area (Å²) in [4.78, 5) is 18.7. The average Bonchev–Trinajstić information content (AvgIpc) is 3.26. The molecule has 9 nitrogen and oxygen atoms in total. The van der Waals surface area contributed by atoms with Gasteiger partial charge in [0.15, 0.2) is 0 Å². The number of amides is 1. The summed E-state index contributed by atoms with van der Waals surface area (Å²) >= 11 is 0. The van der Waals surface area contributed by atoms with E-state index < -0.39 is 0 Å². The third-order valence-electron chi connectivity index (χ3n) is 4.37. The number of carbonyl (C=O) groups excluding carboxylic acids is 1. The fourth-order valence-corrected chi connectivity index (χ4v) is 3.20. The number of rotatable bonds is 5. The molecule has 0 aliphatic carbocycles. The van der Waals surface area contributed by atoms with Gasteiger partial charge in [0, 0.05) is 33.2 Å². The van der Waals surface area contributed by atoms with Crippen molar-refractivity contribution in [1.82, 2.24) is 29.9 Å². The summed E-state index contributed by atoms with van der Waals surface area (Å²) in [6, 6.07) is 0. The van der Waals surface area contributed by atoms with Gasteiger partial charge in [-0.3, -0.25) is 9.89 Å². The van der Waals surface area contributed by atoms with Gasteiger partial charge in [-0.15, -0.1) is 0 Å². The number of aromatic amines is 1. The Balaban J connectivity index is 1.75. The van der Waals surface area contributed by atoms with Crippen LogP contribution in [0.1, 0.15) is 34.2 Å². The van der Waals surface area contributed by atoms with Crippen molar-refractivity contribution in [3.63, 3.8) is 0 Å². The minimum Gasteiger partial charge on any atom is -0.481 e. The van der Waals surface area contributed by atoms with Gasteiger partial charge in [0.25, 0.3) is 5.91 Å². The first-order chi connectivity index (χ1) is 11.5. The van der Waals surface area contributed by atoms with Crippen molar-refractivity contribution in [2.45, 2.75) is 25.4 Å². The Morgan fingerprint density at radius 3 is 3.04 bits per heavy atom. The highest BCUT2D eigenvalue weighted by Gasteiger charge is 2.34. The summed E-state index contributed by atoms with van der Waals surface area (Å²) < 4.78 is 12.7. The lowest BCUT2D eigenvalue weighted by molar-refractivity contribution is 0.0547. The largest absolute Gasteiger partial charge is 0.481 e. The number of likely N-dealkylation sites (N-methyl/N-ethyl adjacent to an activating group) is 1. The van der Waals surface area contributed by atoms with Gasteiger partial charge in [-0.25, -0.2) is 9.67 Å². The van der Waals surface area contributed by atoms with Crippen LogP contribution in [0.4, 0.5) is 0 Å². The number of aryl methyl sites for hydroxylation is 2. The lowest BCUT2D eigenvalue weighted by atomic mass is 10.0. The summed E-state index contributed by atoms with van der Waals surface area (Å²) in [5.74, 6) is 1.24. The van der Waals surface area contributed by atoms with E-state index in [1.54, 1.807) is 30.6 Å². The monoisotopic (exact) mass is 334 g/mol. The lowest BCUT2D eigenvalue weighted by Gasteiger charge is -2.24. The van der Waals surface area contributed by atoms with E-state index in [0.29, 0.717) is 30.3 Å². The van der Waals surface area contributed by atoms with Gasteiger partial charge in [-0.1, -0.05) is 0 Å². The number of nitrogens with one attached hydrogen (secondary N) is 1. The van der Waals surface area contributed by atoms with Crippen LogP contribution in [0.2, 0.25) is 0 Å². The van der Waals surface area contributed by atoms with Gasteiger partial charge < -0.3 is 14.4 Å². The molecule has 1 saturated heterocycles. The highest BCUT2D eigenvalue weighted by atomic mass is 16.5. The summed E-state index contributed by atoms with van der Waals surface area (Å²) in [7, 11) is 5.04. The number of methoxy groups -OCH3 is 1. The van der Waals surface area contributed by atoms with Crippen molar-refractivity contribution >= 4 is 5.91 Å². The SMILES string of the molecule is COc1c(C(=O)N(C)C[C@H]2OCC[C@H]2c2ncn[nH]2)c(C)nn1C. The Kier molecular flexibility index (Phi) is 4.52. The maximum atomic E-state index is 12.8. The second kappa shape index (κ2) is 6.60. The van der Waals surface area contributed by atoms with Crippen LogP contribution in [0.5, 0.6) is 5.88 Å². The van der Waals surface area contributed by atoms with Crippen LogP contribution < -0.4 is 4.74 Å². The van der Waals surface area contributed by atoms with Crippen molar-refractivity contribution < 1.29 is 14.3 Å². The Hall–Kier alpha value is -2.42. The maximum Gasteiger partial charge on any atom is 0.261 e. The molecular weight excluding hydrogens is 312 g/mol. The van der Waals surface area contributed by atoms with E-state index in [1.165, 1.54) is 13.4 Å². The van der Waals surface area contributed by atoms with E-state index >= 15 is 0 Å².